The van der Waals surface area contributed by atoms with Crippen LogP contribution in [0.5, 0.6) is 0 Å². The number of methoxy groups -OCH3 is 1. The van der Waals surface area contributed by atoms with Crippen LogP contribution in [0.25, 0.3) is 0 Å². The number of hydrogen-bond acceptors (Lipinski definition) is 3. The highest BCUT2D eigenvalue weighted by atomic mass is 19.4. The van der Waals surface area contributed by atoms with Gasteiger partial charge in [0.1, 0.15) is 0 Å². The minimum atomic E-state index is -4.70. The lowest BCUT2D eigenvalue weighted by Crippen LogP contribution is -2.17. The van der Waals surface area contributed by atoms with Gasteiger partial charge in [-0.05, 0) is 35.9 Å². The molecule has 0 aliphatic rings. The fourth-order valence-electron chi connectivity index (χ4n) is 2.28. The van der Waals surface area contributed by atoms with E-state index in [2.05, 4.69) is 10.6 Å². The molecule has 2 aromatic rings. The number of rotatable bonds is 5. The summed E-state index contributed by atoms with van der Waals surface area (Å²) in [6.45, 7) is 1.56. The van der Waals surface area contributed by atoms with Gasteiger partial charge in [-0.15, -0.1) is 0 Å². The summed E-state index contributed by atoms with van der Waals surface area (Å²) in [5.41, 5.74) is -0.402. The third kappa shape index (κ3) is 5.06. The van der Waals surface area contributed by atoms with Crippen LogP contribution >= 0.6 is 0 Å². The maximum Gasteiger partial charge on any atom is 0.418 e. The summed E-state index contributed by atoms with van der Waals surface area (Å²) in [7, 11) is 1.53. The molecule has 0 bridgehead atoms. The summed E-state index contributed by atoms with van der Waals surface area (Å²) in [6, 6.07) is 9.48. The molecule has 2 amide bonds. The summed E-state index contributed by atoms with van der Waals surface area (Å²) in [4.78, 5) is 23.3. The van der Waals surface area contributed by atoms with Crippen molar-refractivity contribution in [2.24, 2.45) is 0 Å². The maximum atomic E-state index is 13.3. The van der Waals surface area contributed by atoms with Crippen molar-refractivity contribution in [1.29, 1.82) is 0 Å². The van der Waals surface area contributed by atoms with E-state index in [0.717, 1.165) is 17.7 Å². The minimum absolute atomic E-state index is 0.00765. The molecule has 0 unspecified atom stereocenters. The van der Waals surface area contributed by atoms with Gasteiger partial charge >= 0.3 is 6.18 Å². The van der Waals surface area contributed by atoms with Gasteiger partial charge in [0, 0.05) is 25.3 Å². The number of nitrogens with one attached hydrogen (secondary N) is 2. The maximum absolute atomic E-state index is 13.3. The molecule has 0 radical (unpaired) electrons. The summed E-state index contributed by atoms with van der Waals surface area (Å²) in [6.07, 6.45) is -4.70. The lowest BCUT2D eigenvalue weighted by atomic mass is 10.1. The topological polar surface area (TPSA) is 67.4 Å². The number of ether oxygens (including phenoxy) is 1. The molecule has 0 aromatic heterocycles. The fraction of sp³-hybridized carbons (Fsp3) is 0.222. The average molecular weight is 366 g/mol. The molecular formula is C18H17F3N2O3. The van der Waals surface area contributed by atoms with Crippen LogP contribution in [0, 0.1) is 0 Å². The average Bonchev–Trinajstić information content (AvgIpc) is 2.55. The van der Waals surface area contributed by atoms with Crippen LogP contribution in [0.3, 0.4) is 0 Å². The predicted molar refractivity (Wildman–Crippen MR) is 90.9 cm³/mol. The van der Waals surface area contributed by atoms with Gasteiger partial charge in [-0.3, -0.25) is 9.59 Å². The molecule has 0 saturated heterocycles. The molecule has 0 spiro atoms. The Bertz CT molecular complexity index is 802. The normalized spacial score (nSPS) is 11.1. The van der Waals surface area contributed by atoms with Crippen molar-refractivity contribution in [3.8, 4) is 0 Å². The monoisotopic (exact) mass is 366 g/mol. The molecule has 2 N–H and O–H groups in total. The van der Waals surface area contributed by atoms with Crippen LogP contribution in [0.4, 0.5) is 24.5 Å². The van der Waals surface area contributed by atoms with Crippen molar-refractivity contribution in [3.63, 3.8) is 0 Å². The van der Waals surface area contributed by atoms with Crippen molar-refractivity contribution in [1.82, 2.24) is 0 Å². The van der Waals surface area contributed by atoms with E-state index < -0.39 is 29.2 Å². The van der Waals surface area contributed by atoms with Crippen molar-refractivity contribution < 1.29 is 27.5 Å². The van der Waals surface area contributed by atoms with E-state index in [1.165, 1.54) is 32.2 Å². The van der Waals surface area contributed by atoms with Crippen molar-refractivity contribution >= 4 is 23.2 Å². The Hall–Kier alpha value is -2.87. The fourth-order valence-corrected chi connectivity index (χ4v) is 2.28. The minimum Gasteiger partial charge on any atom is -0.380 e. The highest BCUT2D eigenvalue weighted by Crippen LogP contribution is 2.36. The molecule has 2 aromatic carbocycles. The Balaban J connectivity index is 2.26. The predicted octanol–water partition coefficient (Wildman–Crippen LogP) is 4.06. The van der Waals surface area contributed by atoms with Gasteiger partial charge in [0.15, 0.2) is 0 Å². The molecule has 138 valence electrons. The van der Waals surface area contributed by atoms with Gasteiger partial charge in [0.25, 0.3) is 5.91 Å². The quantitative estimate of drug-likeness (QED) is 0.839. The molecular weight excluding hydrogens is 349 g/mol. The highest BCUT2D eigenvalue weighted by Gasteiger charge is 2.34. The van der Waals surface area contributed by atoms with Crippen molar-refractivity contribution in [2.75, 3.05) is 17.7 Å². The third-order valence-corrected chi connectivity index (χ3v) is 3.42. The standard InChI is InChI=1S/C18H17F3N2O3/c1-11(24)22-14-7-8-16(15(9-14)18(19,20)21)23-17(25)13-5-3-12(4-6-13)10-26-2/h3-9H,10H2,1-2H3,(H,22,24)(H,23,25). The first-order chi connectivity index (χ1) is 12.2. The zero-order valence-corrected chi connectivity index (χ0v) is 14.1. The van der Waals surface area contributed by atoms with Gasteiger partial charge in [0.05, 0.1) is 17.9 Å². The Morgan fingerprint density at radius 3 is 2.23 bits per heavy atom. The van der Waals surface area contributed by atoms with Gasteiger partial charge < -0.3 is 15.4 Å². The van der Waals surface area contributed by atoms with Crippen molar-refractivity contribution in [2.45, 2.75) is 19.7 Å². The summed E-state index contributed by atoms with van der Waals surface area (Å²) in [5, 5.41) is 4.55. The van der Waals surface area contributed by atoms with Crippen LogP contribution in [-0.2, 0) is 22.3 Å². The molecule has 5 nitrogen and oxygen atoms in total. The summed E-state index contributed by atoms with van der Waals surface area (Å²) < 4.78 is 44.8. The first-order valence-electron chi connectivity index (χ1n) is 7.59. The molecule has 26 heavy (non-hydrogen) atoms. The van der Waals surface area contributed by atoms with E-state index in [1.54, 1.807) is 12.1 Å². The second-order valence-electron chi connectivity index (χ2n) is 5.52. The third-order valence-electron chi connectivity index (χ3n) is 3.42. The van der Waals surface area contributed by atoms with Crippen molar-refractivity contribution in [3.05, 3.63) is 59.2 Å². The Labute approximate surface area is 148 Å². The van der Waals surface area contributed by atoms with E-state index in [0.29, 0.717) is 6.61 Å². The number of halogens is 3. The van der Waals surface area contributed by atoms with E-state index in [9.17, 15) is 22.8 Å². The van der Waals surface area contributed by atoms with Crippen LogP contribution in [0.15, 0.2) is 42.5 Å². The largest absolute Gasteiger partial charge is 0.418 e. The zero-order valence-electron chi connectivity index (χ0n) is 14.1. The van der Waals surface area contributed by atoms with Crippen LogP contribution in [-0.4, -0.2) is 18.9 Å². The Morgan fingerprint density at radius 1 is 1.04 bits per heavy atom. The lowest BCUT2D eigenvalue weighted by molar-refractivity contribution is -0.137. The second kappa shape index (κ2) is 8.01. The van der Waals surface area contributed by atoms with E-state index >= 15 is 0 Å². The Kier molecular flexibility index (Phi) is 5.99. The first kappa shape index (κ1) is 19.5. The Morgan fingerprint density at radius 2 is 1.69 bits per heavy atom. The molecule has 0 atom stereocenters. The van der Waals surface area contributed by atoms with Crippen LogP contribution in [0.2, 0.25) is 0 Å². The number of amides is 2. The molecule has 2 rings (SSSR count). The molecule has 8 heteroatoms. The van der Waals surface area contributed by atoms with Crippen LogP contribution in [0.1, 0.15) is 28.4 Å². The summed E-state index contributed by atoms with van der Waals surface area (Å²) >= 11 is 0. The highest BCUT2D eigenvalue weighted by molar-refractivity contribution is 6.05. The van der Waals surface area contributed by atoms with E-state index in [4.69, 9.17) is 4.74 Å². The van der Waals surface area contributed by atoms with Gasteiger partial charge in [-0.1, -0.05) is 12.1 Å². The van der Waals surface area contributed by atoms with Gasteiger partial charge in [0.2, 0.25) is 5.91 Å². The number of carbonyl (C=O) groups excluding carboxylic acids is 2. The first-order valence-corrected chi connectivity index (χ1v) is 7.59. The molecule has 0 fully saturated rings. The number of benzene rings is 2. The van der Waals surface area contributed by atoms with Crippen LogP contribution < -0.4 is 10.6 Å². The number of anilines is 2. The smallest absolute Gasteiger partial charge is 0.380 e. The lowest BCUT2D eigenvalue weighted by Gasteiger charge is -2.15. The van der Waals surface area contributed by atoms with Gasteiger partial charge in [-0.2, -0.15) is 13.2 Å². The van der Waals surface area contributed by atoms with E-state index in [-0.39, 0.29) is 11.3 Å². The molecule has 0 aliphatic heterocycles. The molecule has 0 heterocycles. The number of carbonyl (C=O) groups is 2. The second-order valence-corrected chi connectivity index (χ2v) is 5.52. The summed E-state index contributed by atoms with van der Waals surface area (Å²) in [5.74, 6) is -1.17. The van der Waals surface area contributed by atoms with E-state index in [1.807, 2.05) is 0 Å². The number of hydrogen-bond donors (Lipinski definition) is 2. The number of alkyl halides is 3. The zero-order chi connectivity index (χ0) is 19.3. The SMILES string of the molecule is COCc1ccc(C(=O)Nc2ccc(NC(C)=O)cc2C(F)(F)F)cc1. The van der Waals surface area contributed by atoms with Gasteiger partial charge in [-0.25, -0.2) is 0 Å². The molecule has 0 saturated carbocycles. The molecule has 0 aliphatic carbocycles.